The fourth-order valence-electron chi connectivity index (χ4n) is 3.19. The van der Waals surface area contributed by atoms with Crippen LogP contribution in [0.2, 0.25) is 0 Å². The molecule has 1 atom stereocenters. The van der Waals surface area contributed by atoms with E-state index in [0.29, 0.717) is 16.7 Å². The summed E-state index contributed by atoms with van der Waals surface area (Å²) in [5, 5.41) is 0.412. The van der Waals surface area contributed by atoms with Gasteiger partial charge < -0.3 is 13.6 Å². The number of hydrogen-bond acceptors (Lipinski definition) is 6. The van der Waals surface area contributed by atoms with E-state index in [9.17, 15) is 14.4 Å². The minimum Gasteiger partial charge on any atom is -0.464 e. The summed E-state index contributed by atoms with van der Waals surface area (Å²) in [6.07, 6.45) is 1.19. The molecular formula is C19H14O6. The van der Waals surface area contributed by atoms with Gasteiger partial charge in [0.05, 0.1) is 23.6 Å². The van der Waals surface area contributed by atoms with Crippen molar-refractivity contribution in [3.63, 3.8) is 0 Å². The molecule has 0 bridgehead atoms. The maximum atomic E-state index is 12.9. The molecule has 0 unspecified atom stereocenters. The fourth-order valence-corrected chi connectivity index (χ4v) is 3.19. The molecule has 6 heteroatoms. The summed E-state index contributed by atoms with van der Waals surface area (Å²) in [6, 6.07) is 6.77. The van der Waals surface area contributed by atoms with E-state index in [4.69, 9.17) is 13.6 Å². The third-order valence-electron chi connectivity index (χ3n) is 4.35. The first kappa shape index (κ1) is 15.4. The quantitative estimate of drug-likeness (QED) is 0.634. The second-order valence-electron chi connectivity index (χ2n) is 6.17. The van der Waals surface area contributed by atoms with Crippen molar-refractivity contribution in [1.82, 2.24) is 0 Å². The molecule has 0 saturated heterocycles. The van der Waals surface area contributed by atoms with E-state index in [1.54, 1.807) is 19.1 Å². The van der Waals surface area contributed by atoms with Crippen LogP contribution in [-0.4, -0.2) is 5.97 Å². The molecule has 1 aliphatic rings. The average Bonchev–Trinajstić information content (AvgIpc) is 2.54. The van der Waals surface area contributed by atoms with Crippen molar-refractivity contribution >= 4 is 16.9 Å². The Hall–Kier alpha value is -3.15. The smallest absolute Gasteiger partial charge is 0.343 e. The Morgan fingerprint density at radius 3 is 2.68 bits per heavy atom. The van der Waals surface area contributed by atoms with E-state index >= 15 is 0 Å². The number of carbonyl (C=O) groups is 1. The number of carbonyl (C=O) groups excluding carboxylic acids is 1. The Labute approximate surface area is 141 Å². The van der Waals surface area contributed by atoms with Gasteiger partial charge in [0.25, 0.3) is 0 Å². The zero-order valence-corrected chi connectivity index (χ0v) is 13.6. The predicted molar refractivity (Wildman–Crippen MR) is 89.0 cm³/mol. The molecule has 0 fully saturated rings. The first-order valence-electron chi connectivity index (χ1n) is 7.81. The number of esters is 1. The van der Waals surface area contributed by atoms with Crippen LogP contribution in [0.5, 0.6) is 5.75 Å². The van der Waals surface area contributed by atoms with Crippen LogP contribution in [0, 0.1) is 13.8 Å². The summed E-state index contributed by atoms with van der Waals surface area (Å²) >= 11 is 0. The van der Waals surface area contributed by atoms with Crippen molar-refractivity contribution in [3.05, 3.63) is 73.6 Å². The van der Waals surface area contributed by atoms with Crippen LogP contribution in [0.25, 0.3) is 11.0 Å². The first-order chi connectivity index (χ1) is 11.9. The Kier molecular flexibility index (Phi) is 3.35. The van der Waals surface area contributed by atoms with Gasteiger partial charge in [-0.1, -0.05) is 11.6 Å². The molecule has 3 aromatic rings. The highest BCUT2D eigenvalue weighted by Gasteiger charge is 2.34. The van der Waals surface area contributed by atoms with E-state index in [1.165, 1.54) is 12.3 Å². The minimum absolute atomic E-state index is 0.122. The molecule has 0 saturated carbocycles. The highest BCUT2D eigenvalue weighted by molar-refractivity contribution is 5.80. The average molecular weight is 338 g/mol. The third-order valence-corrected chi connectivity index (χ3v) is 4.35. The largest absolute Gasteiger partial charge is 0.464 e. The van der Waals surface area contributed by atoms with Crippen LogP contribution in [0.1, 0.15) is 34.8 Å². The zero-order chi connectivity index (χ0) is 17.7. The van der Waals surface area contributed by atoms with Gasteiger partial charge in [-0.15, -0.1) is 0 Å². The van der Waals surface area contributed by atoms with E-state index in [0.717, 1.165) is 5.56 Å². The van der Waals surface area contributed by atoms with E-state index in [-0.39, 0.29) is 28.7 Å². The van der Waals surface area contributed by atoms with Crippen molar-refractivity contribution in [2.45, 2.75) is 26.2 Å². The van der Waals surface area contributed by atoms with Gasteiger partial charge >= 0.3 is 11.6 Å². The van der Waals surface area contributed by atoms with E-state index in [1.807, 2.05) is 13.0 Å². The summed E-state index contributed by atoms with van der Waals surface area (Å²) in [5.74, 6) is -0.794. The predicted octanol–water partition coefficient (Wildman–Crippen LogP) is 2.80. The molecule has 3 heterocycles. The number of benzene rings is 1. The van der Waals surface area contributed by atoms with E-state index in [2.05, 4.69) is 0 Å². The Morgan fingerprint density at radius 1 is 1.08 bits per heavy atom. The molecule has 126 valence electrons. The third kappa shape index (κ3) is 2.46. The molecule has 2 aromatic heterocycles. The zero-order valence-electron chi connectivity index (χ0n) is 13.6. The SMILES string of the molecule is Cc1ccc2occ([C@@H]3CC(=O)Oc4cc(C)oc(=O)c43)c(=O)c2c1. The lowest BCUT2D eigenvalue weighted by molar-refractivity contribution is -0.135. The van der Waals surface area contributed by atoms with Crippen molar-refractivity contribution < 1.29 is 18.4 Å². The van der Waals surface area contributed by atoms with Crippen LogP contribution in [0.3, 0.4) is 0 Å². The van der Waals surface area contributed by atoms with Crippen LogP contribution in [-0.2, 0) is 4.79 Å². The molecule has 0 spiro atoms. The first-order valence-corrected chi connectivity index (χ1v) is 7.81. The number of rotatable bonds is 1. The highest BCUT2D eigenvalue weighted by atomic mass is 16.5. The molecule has 1 aliphatic heterocycles. The second-order valence-corrected chi connectivity index (χ2v) is 6.17. The van der Waals surface area contributed by atoms with Crippen molar-refractivity contribution in [1.29, 1.82) is 0 Å². The molecular weight excluding hydrogens is 324 g/mol. The monoisotopic (exact) mass is 338 g/mol. The maximum Gasteiger partial charge on any atom is 0.343 e. The molecule has 6 nitrogen and oxygen atoms in total. The molecule has 0 radical (unpaired) electrons. The molecule has 0 amide bonds. The molecule has 0 N–H and O–H groups in total. The van der Waals surface area contributed by atoms with Gasteiger partial charge in [0, 0.05) is 17.5 Å². The highest BCUT2D eigenvalue weighted by Crippen LogP contribution is 2.36. The normalized spacial score (nSPS) is 16.6. The Bertz CT molecular complexity index is 1130. The maximum absolute atomic E-state index is 12.9. The Balaban J connectivity index is 1.99. The van der Waals surface area contributed by atoms with Crippen molar-refractivity contribution in [2.75, 3.05) is 0 Å². The summed E-state index contributed by atoms with van der Waals surface area (Å²) in [4.78, 5) is 37.2. The summed E-state index contributed by atoms with van der Waals surface area (Å²) in [5.41, 5.74) is 0.896. The number of fused-ring (bicyclic) bond motifs is 2. The Morgan fingerprint density at radius 2 is 1.88 bits per heavy atom. The number of hydrogen-bond donors (Lipinski definition) is 0. The molecule has 1 aromatic carbocycles. The van der Waals surface area contributed by atoms with Gasteiger partial charge in [-0.25, -0.2) is 4.79 Å². The number of ether oxygens (including phenoxy) is 1. The van der Waals surface area contributed by atoms with Crippen molar-refractivity contribution in [2.24, 2.45) is 0 Å². The van der Waals surface area contributed by atoms with E-state index < -0.39 is 17.5 Å². The van der Waals surface area contributed by atoms with Gasteiger partial charge in [0.15, 0.2) is 5.43 Å². The van der Waals surface area contributed by atoms with Crippen LogP contribution in [0.4, 0.5) is 0 Å². The second kappa shape index (κ2) is 5.44. The van der Waals surface area contributed by atoms with Gasteiger partial charge in [-0.2, -0.15) is 0 Å². The van der Waals surface area contributed by atoms with Gasteiger partial charge in [-0.05, 0) is 26.0 Å². The molecule has 25 heavy (non-hydrogen) atoms. The molecule has 4 rings (SSSR count). The van der Waals surface area contributed by atoms with Gasteiger partial charge in [0.2, 0.25) is 0 Å². The fraction of sp³-hybridized carbons (Fsp3) is 0.211. The lowest BCUT2D eigenvalue weighted by Crippen LogP contribution is -2.29. The van der Waals surface area contributed by atoms with Crippen LogP contribution < -0.4 is 15.8 Å². The van der Waals surface area contributed by atoms with Gasteiger partial charge in [-0.3, -0.25) is 9.59 Å². The summed E-state index contributed by atoms with van der Waals surface area (Å²) < 4.78 is 15.9. The lowest BCUT2D eigenvalue weighted by Gasteiger charge is -2.22. The summed E-state index contributed by atoms with van der Waals surface area (Å²) in [6.45, 7) is 3.46. The van der Waals surface area contributed by atoms with Crippen LogP contribution in [0.15, 0.2) is 49.0 Å². The van der Waals surface area contributed by atoms with Crippen molar-refractivity contribution in [3.8, 4) is 5.75 Å². The minimum atomic E-state index is -0.755. The number of aryl methyl sites for hydroxylation is 2. The van der Waals surface area contributed by atoms with Crippen LogP contribution >= 0.6 is 0 Å². The lowest BCUT2D eigenvalue weighted by atomic mass is 9.87. The standard InChI is InChI=1S/C19H14O6/c1-9-3-4-14-12(5-9)18(21)13(8-23-14)11-7-16(20)25-15-6-10(2)24-19(22)17(11)15/h3-6,8,11H,7H2,1-2H3/t11-/m0/s1. The van der Waals surface area contributed by atoms with Gasteiger partial charge in [0.1, 0.15) is 17.1 Å². The summed E-state index contributed by atoms with van der Waals surface area (Å²) in [7, 11) is 0. The topological polar surface area (TPSA) is 86.7 Å². The molecule has 0 aliphatic carbocycles.